The molecule has 3 nitrogen and oxygen atoms in total. The van der Waals surface area contributed by atoms with Gasteiger partial charge in [-0.1, -0.05) is 35.9 Å². The number of para-hydroxylation sites is 1. The van der Waals surface area contributed by atoms with E-state index in [9.17, 15) is 4.79 Å². The number of carbonyl (C=O) groups excluding carboxylic acids is 1. The van der Waals surface area contributed by atoms with Crippen LogP contribution in [0.1, 0.15) is 29.5 Å². The highest BCUT2D eigenvalue weighted by molar-refractivity contribution is 5.95. The molecule has 1 saturated heterocycles. The van der Waals surface area contributed by atoms with E-state index >= 15 is 0 Å². The van der Waals surface area contributed by atoms with Gasteiger partial charge in [0.1, 0.15) is 5.69 Å². The predicted molar refractivity (Wildman–Crippen MR) is 94.2 cm³/mol. The monoisotopic (exact) mass is 309 g/mol. The summed E-state index contributed by atoms with van der Waals surface area (Å²) in [6, 6.07) is 14.6. The number of hydrogen-bond acceptors (Lipinski definition) is 1. The van der Waals surface area contributed by atoms with Crippen LogP contribution in [0.3, 0.4) is 0 Å². The van der Waals surface area contributed by atoms with Crippen molar-refractivity contribution in [1.82, 2.24) is 0 Å². The molecule has 1 amide bonds. The summed E-state index contributed by atoms with van der Waals surface area (Å²) in [5, 5.41) is 3.19. The van der Waals surface area contributed by atoms with E-state index in [-0.39, 0.29) is 11.9 Å². The SMILES string of the molecule is Cc1cc(C)c(NC(=O)[C@H]2CCC[NH+]2c2ccccc2)c(C)c1. The van der Waals surface area contributed by atoms with Crippen LogP contribution < -0.4 is 10.2 Å². The van der Waals surface area contributed by atoms with E-state index in [2.05, 4.69) is 50.4 Å². The third kappa shape index (κ3) is 3.30. The Labute approximate surface area is 138 Å². The van der Waals surface area contributed by atoms with Crippen molar-refractivity contribution in [2.75, 3.05) is 11.9 Å². The number of anilines is 1. The summed E-state index contributed by atoms with van der Waals surface area (Å²) in [6.45, 7) is 7.23. The van der Waals surface area contributed by atoms with E-state index in [4.69, 9.17) is 0 Å². The molecule has 3 rings (SSSR count). The van der Waals surface area contributed by atoms with Gasteiger partial charge in [0.2, 0.25) is 0 Å². The van der Waals surface area contributed by atoms with Gasteiger partial charge in [-0.15, -0.1) is 0 Å². The summed E-state index contributed by atoms with van der Waals surface area (Å²) >= 11 is 0. The zero-order valence-electron chi connectivity index (χ0n) is 14.1. The molecular formula is C20H25N2O+. The van der Waals surface area contributed by atoms with Gasteiger partial charge in [0.05, 0.1) is 6.54 Å². The number of nitrogens with one attached hydrogen (secondary N) is 2. The smallest absolute Gasteiger partial charge is 0.283 e. The van der Waals surface area contributed by atoms with Crippen LogP contribution in [0.2, 0.25) is 0 Å². The quantitative estimate of drug-likeness (QED) is 0.898. The molecular weight excluding hydrogens is 284 g/mol. The van der Waals surface area contributed by atoms with Gasteiger partial charge in [0.25, 0.3) is 5.91 Å². The van der Waals surface area contributed by atoms with Gasteiger partial charge in [-0.25, -0.2) is 0 Å². The Hall–Kier alpha value is -2.13. The average molecular weight is 309 g/mol. The Morgan fingerprint density at radius 3 is 2.39 bits per heavy atom. The Morgan fingerprint density at radius 1 is 1.09 bits per heavy atom. The van der Waals surface area contributed by atoms with Gasteiger partial charge in [-0.05, 0) is 44.0 Å². The van der Waals surface area contributed by atoms with Crippen LogP contribution in [0.5, 0.6) is 0 Å². The zero-order valence-corrected chi connectivity index (χ0v) is 14.1. The summed E-state index contributed by atoms with van der Waals surface area (Å²) in [4.78, 5) is 14.1. The highest BCUT2D eigenvalue weighted by atomic mass is 16.2. The van der Waals surface area contributed by atoms with Gasteiger partial charge in [0, 0.05) is 18.5 Å². The molecule has 1 fully saturated rings. The minimum Gasteiger partial charge on any atom is -0.320 e. The molecule has 0 aromatic heterocycles. The van der Waals surface area contributed by atoms with E-state index in [1.807, 2.05) is 18.2 Å². The van der Waals surface area contributed by atoms with Crippen LogP contribution in [0.15, 0.2) is 42.5 Å². The van der Waals surface area contributed by atoms with E-state index in [1.54, 1.807) is 0 Å². The molecule has 0 bridgehead atoms. The molecule has 1 aliphatic heterocycles. The molecule has 2 aromatic rings. The van der Waals surface area contributed by atoms with Crippen LogP contribution in [-0.4, -0.2) is 18.5 Å². The minimum absolute atomic E-state index is 0.00231. The fourth-order valence-corrected chi connectivity index (χ4v) is 3.72. The van der Waals surface area contributed by atoms with Crippen LogP contribution in [0.4, 0.5) is 11.4 Å². The van der Waals surface area contributed by atoms with Gasteiger partial charge >= 0.3 is 0 Å². The number of rotatable bonds is 3. The van der Waals surface area contributed by atoms with E-state index < -0.39 is 0 Å². The summed E-state index contributed by atoms with van der Waals surface area (Å²) in [7, 11) is 0. The third-order valence-electron chi connectivity index (χ3n) is 4.75. The molecule has 0 spiro atoms. The number of carbonyl (C=O) groups is 1. The van der Waals surface area contributed by atoms with Crippen molar-refractivity contribution in [2.24, 2.45) is 0 Å². The molecule has 2 atom stereocenters. The Kier molecular flexibility index (Phi) is 4.49. The molecule has 23 heavy (non-hydrogen) atoms. The number of aryl methyl sites for hydroxylation is 3. The first-order chi connectivity index (χ1) is 11.1. The van der Waals surface area contributed by atoms with Crippen molar-refractivity contribution >= 4 is 17.3 Å². The largest absolute Gasteiger partial charge is 0.320 e. The fourth-order valence-electron chi connectivity index (χ4n) is 3.72. The van der Waals surface area contributed by atoms with Crippen LogP contribution in [-0.2, 0) is 4.79 Å². The Balaban J connectivity index is 1.81. The molecule has 0 radical (unpaired) electrons. The minimum atomic E-state index is -0.00231. The summed E-state index contributed by atoms with van der Waals surface area (Å²) in [5.74, 6) is 0.136. The molecule has 120 valence electrons. The molecule has 3 heteroatoms. The summed E-state index contributed by atoms with van der Waals surface area (Å²) < 4.78 is 0. The number of benzene rings is 2. The first kappa shape index (κ1) is 15.8. The highest BCUT2D eigenvalue weighted by Gasteiger charge is 2.36. The molecule has 2 N–H and O–H groups in total. The maximum absolute atomic E-state index is 12.9. The first-order valence-electron chi connectivity index (χ1n) is 8.36. The second-order valence-electron chi connectivity index (χ2n) is 6.60. The number of quaternary nitrogens is 1. The lowest BCUT2D eigenvalue weighted by molar-refractivity contribution is -0.835. The van der Waals surface area contributed by atoms with E-state index in [1.165, 1.54) is 16.2 Å². The molecule has 1 unspecified atom stereocenters. The standard InChI is InChI=1S/C20H24N2O/c1-14-12-15(2)19(16(3)13-14)21-20(23)18-10-7-11-22(18)17-8-5-4-6-9-17/h4-6,8-9,12-13,18H,7,10-11H2,1-3H3,(H,21,23)/p+1/t18-/m1/s1. The Bertz CT molecular complexity index is 686. The molecule has 1 aliphatic rings. The van der Waals surface area contributed by atoms with Crippen molar-refractivity contribution in [2.45, 2.75) is 39.7 Å². The first-order valence-corrected chi connectivity index (χ1v) is 8.36. The molecule has 2 aromatic carbocycles. The van der Waals surface area contributed by atoms with Gasteiger partial charge in [0.15, 0.2) is 6.04 Å². The van der Waals surface area contributed by atoms with Gasteiger partial charge < -0.3 is 5.32 Å². The Morgan fingerprint density at radius 2 is 1.74 bits per heavy atom. The molecule has 0 saturated carbocycles. The van der Waals surface area contributed by atoms with Gasteiger partial charge in [-0.2, -0.15) is 0 Å². The van der Waals surface area contributed by atoms with E-state index in [0.29, 0.717) is 0 Å². The normalized spacial score (nSPS) is 20.5. The fraction of sp³-hybridized carbons (Fsp3) is 0.350. The van der Waals surface area contributed by atoms with Crippen molar-refractivity contribution in [1.29, 1.82) is 0 Å². The lowest BCUT2D eigenvalue weighted by Gasteiger charge is -2.21. The average Bonchev–Trinajstić information content (AvgIpc) is 3.01. The number of amides is 1. The lowest BCUT2D eigenvalue weighted by Crippen LogP contribution is -3.10. The summed E-state index contributed by atoms with van der Waals surface area (Å²) in [5.41, 5.74) is 5.68. The summed E-state index contributed by atoms with van der Waals surface area (Å²) in [6.07, 6.45) is 2.04. The van der Waals surface area contributed by atoms with E-state index in [0.717, 1.165) is 36.2 Å². The zero-order chi connectivity index (χ0) is 16.4. The maximum atomic E-state index is 12.9. The van der Waals surface area contributed by atoms with Crippen LogP contribution in [0.25, 0.3) is 0 Å². The molecule has 0 aliphatic carbocycles. The lowest BCUT2D eigenvalue weighted by atomic mass is 10.0. The third-order valence-corrected chi connectivity index (χ3v) is 4.75. The predicted octanol–water partition coefficient (Wildman–Crippen LogP) is 2.93. The van der Waals surface area contributed by atoms with Crippen molar-refractivity contribution in [3.63, 3.8) is 0 Å². The molecule has 1 heterocycles. The second-order valence-corrected chi connectivity index (χ2v) is 6.60. The van der Waals surface area contributed by atoms with Crippen molar-refractivity contribution < 1.29 is 9.69 Å². The number of hydrogen-bond donors (Lipinski definition) is 2. The van der Waals surface area contributed by atoms with Crippen LogP contribution in [0, 0.1) is 20.8 Å². The highest BCUT2D eigenvalue weighted by Crippen LogP contribution is 2.22. The van der Waals surface area contributed by atoms with Crippen LogP contribution >= 0.6 is 0 Å². The second kappa shape index (κ2) is 6.55. The topological polar surface area (TPSA) is 33.5 Å². The van der Waals surface area contributed by atoms with Gasteiger partial charge in [-0.3, -0.25) is 9.69 Å². The van der Waals surface area contributed by atoms with Crippen molar-refractivity contribution in [3.8, 4) is 0 Å². The maximum Gasteiger partial charge on any atom is 0.283 e. The van der Waals surface area contributed by atoms with Crippen molar-refractivity contribution in [3.05, 3.63) is 59.2 Å².